The number of hydrogen-bond acceptors (Lipinski definition) is 2. The molecule has 4 nitrogen and oxygen atoms in total. The molecule has 1 N–H and O–H groups in total. The molecule has 2 heterocycles. The Balaban J connectivity index is 1.47. The maximum absolute atomic E-state index is 12.9. The van der Waals surface area contributed by atoms with E-state index in [0.29, 0.717) is 6.54 Å². The number of rotatable bonds is 4. The van der Waals surface area contributed by atoms with Gasteiger partial charge < -0.3 is 9.72 Å². The van der Waals surface area contributed by atoms with Crippen molar-refractivity contribution in [3.8, 4) is 0 Å². The van der Waals surface area contributed by atoms with Gasteiger partial charge in [0.05, 0.1) is 17.7 Å². The smallest absolute Gasteiger partial charge is 0.230 e. The van der Waals surface area contributed by atoms with Crippen molar-refractivity contribution in [2.75, 3.05) is 0 Å². The van der Waals surface area contributed by atoms with E-state index in [9.17, 15) is 4.79 Å². The van der Waals surface area contributed by atoms with Crippen LogP contribution in [0.1, 0.15) is 56.0 Å². The molecule has 2 aromatic heterocycles. The van der Waals surface area contributed by atoms with Gasteiger partial charge in [0.15, 0.2) is 0 Å². The number of aryl methyl sites for hydroxylation is 1. The third kappa shape index (κ3) is 3.36. The van der Waals surface area contributed by atoms with Crippen LogP contribution in [0.4, 0.5) is 0 Å². The summed E-state index contributed by atoms with van der Waals surface area (Å²) >= 11 is 0. The summed E-state index contributed by atoms with van der Waals surface area (Å²) in [5.74, 6) is 0.110. The monoisotopic (exact) mass is 361 g/mol. The van der Waals surface area contributed by atoms with Crippen LogP contribution < -0.4 is 5.32 Å². The van der Waals surface area contributed by atoms with Crippen molar-refractivity contribution in [3.63, 3.8) is 0 Å². The van der Waals surface area contributed by atoms with E-state index in [1.54, 1.807) is 0 Å². The number of nitrogens with one attached hydrogen (secondary N) is 1. The average molecular weight is 361 g/mol. The average Bonchev–Trinajstić information content (AvgIpc) is 3.34. The number of hydrogen-bond donors (Lipinski definition) is 1. The van der Waals surface area contributed by atoms with Crippen LogP contribution >= 0.6 is 0 Å². The predicted octanol–water partition coefficient (Wildman–Crippen LogP) is 4.29. The standard InChI is InChI=1S/C23H27N3O/c1-16-9-12-26-15-19(25-20(26)13-16)14-24-21(27)23(10-11-23)18-7-5-17(6-8-18)22(2,3)4/h5-9,12-13,15H,10-11,14H2,1-4H3,(H,24,27). The Labute approximate surface area is 160 Å². The van der Waals surface area contributed by atoms with E-state index < -0.39 is 0 Å². The lowest BCUT2D eigenvalue weighted by molar-refractivity contribution is -0.123. The van der Waals surface area contributed by atoms with Crippen LogP contribution in [0.15, 0.2) is 48.8 Å². The first kappa shape index (κ1) is 17.8. The zero-order chi connectivity index (χ0) is 19.2. The first-order chi connectivity index (χ1) is 12.8. The number of carbonyl (C=O) groups excluding carboxylic acids is 1. The number of carbonyl (C=O) groups is 1. The second-order valence-electron chi connectivity index (χ2n) is 8.79. The molecule has 0 radical (unpaired) electrons. The highest BCUT2D eigenvalue weighted by molar-refractivity contribution is 5.91. The number of pyridine rings is 1. The summed E-state index contributed by atoms with van der Waals surface area (Å²) in [4.78, 5) is 17.5. The molecule has 4 heteroatoms. The fourth-order valence-corrected chi connectivity index (χ4v) is 3.62. The quantitative estimate of drug-likeness (QED) is 0.753. The maximum Gasteiger partial charge on any atom is 0.230 e. The Morgan fingerprint density at radius 3 is 2.52 bits per heavy atom. The molecular weight excluding hydrogens is 334 g/mol. The van der Waals surface area contributed by atoms with Crippen LogP contribution in [0.5, 0.6) is 0 Å². The minimum atomic E-state index is -0.355. The molecule has 0 saturated heterocycles. The van der Waals surface area contributed by atoms with E-state index in [2.05, 4.69) is 68.3 Å². The molecule has 0 unspecified atom stereocenters. The van der Waals surface area contributed by atoms with E-state index in [0.717, 1.165) is 29.7 Å². The minimum Gasteiger partial charge on any atom is -0.350 e. The van der Waals surface area contributed by atoms with Gasteiger partial charge in [-0.3, -0.25) is 4.79 Å². The summed E-state index contributed by atoms with van der Waals surface area (Å²) in [6.45, 7) is 9.13. The van der Waals surface area contributed by atoms with E-state index in [1.165, 1.54) is 11.1 Å². The van der Waals surface area contributed by atoms with Gasteiger partial charge in [0.25, 0.3) is 0 Å². The van der Waals surface area contributed by atoms with Gasteiger partial charge in [0, 0.05) is 12.4 Å². The van der Waals surface area contributed by atoms with Crippen molar-refractivity contribution in [2.45, 2.75) is 57.9 Å². The zero-order valence-corrected chi connectivity index (χ0v) is 16.5. The highest BCUT2D eigenvalue weighted by atomic mass is 16.2. The summed E-state index contributed by atoms with van der Waals surface area (Å²) in [5.41, 5.74) is 5.16. The Morgan fingerprint density at radius 1 is 1.19 bits per heavy atom. The molecule has 27 heavy (non-hydrogen) atoms. The fourth-order valence-electron chi connectivity index (χ4n) is 3.62. The lowest BCUT2D eigenvalue weighted by atomic mass is 9.85. The summed E-state index contributed by atoms with van der Waals surface area (Å²) < 4.78 is 1.99. The van der Waals surface area contributed by atoms with Gasteiger partial charge in [-0.25, -0.2) is 4.98 Å². The molecule has 1 aliphatic rings. The molecule has 4 rings (SSSR count). The van der Waals surface area contributed by atoms with Crippen molar-refractivity contribution in [2.24, 2.45) is 0 Å². The van der Waals surface area contributed by atoms with Crippen molar-refractivity contribution < 1.29 is 4.79 Å². The van der Waals surface area contributed by atoms with Crippen LogP contribution in [0, 0.1) is 6.92 Å². The summed E-state index contributed by atoms with van der Waals surface area (Å²) in [6.07, 6.45) is 5.81. The molecule has 3 aromatic rings. The summed E-state index contributed by atoms with van der Waals surface area (Å²) in [6, 6.07) is 12.7. The van der Waals surface area contributed by atoms with Crippen molar-refractivity contribution in [1.29, 1.82) is 0 Å². The van der Waals surface area contributed by atoms with E-state index >= 15 is 0 Å². The number of amides is 1. The van der Waals surface area contributed by atoms with E-state index in [-0.39, 0.29) is 16.7 Å². The first-order valence-corrected chi connectivity index (χ1v) is 9.61. The van der Waals surface area contributed by atoms with Gasteiger partial charge in [0.2, 0.25) is 5.91 Å². The molecule has 1 saturated carbocycles. The van der Waals surface area contributed by atoms with Crippen LogP contribution in [0.2, 0.25) is 0 Å². The molecule has 1 amide bonds. The van der Waals surface area contributed by atoms with Crippen LogP contribution in [0.3, 0.4) is 0 Å². The maximum atomic E-state index is 12.9. The molecule has 0 spiro atoms. The third-order valence-electron chi connectivity index (χ3n) is 5.58. The minimum absolute atomic E-state index is 0.110. The Bertz CT molecular complexity index is 989. The van der Waals surface area contributed by atoms with E-state index in [4.69, 9.17) is 0 Å². The molecule has 1 fully saturated rings. The van der Waals surface area contributed by atoms with Crippen molar-refractivity contribution in [1.82, 2.24) is 14.7 Å². The molecule has 140 valence electrons. The van der Waals surface area contributed by atoms with Gasteiger partial charge in [-0.1, -0.05) is 45.0 Å². The van der Waals surface area contributed by atoms with E-state index in [1.807, 2.05) is 22.9 Å². The van der Waals surface area contributed by atoms with Gasteiger partial charge in [0.1, 0.15) is 5.65 Å². The number of benzene rings is 1. The lowest BCUT2D eigenvalue weighted by Crippen LogP contribution is -2.34. The van der Waals surface area contributed by atoms with Crippen molar-refractivity contribution in [3.05, 3.63) is 71.2 Å². The zero-order valence-electron chi connectivity index (χ0n) is 16.5. The Kier molecular flexibility index (Phi) is 4.10. The predicted molar refractivity (Wildman–Crippen MR) is 108 cm³/mol. The summed E-state index contributed by atoms with van der Waals surface area (Å²) in [7, 11) is 0. The number of aromatic nitrogens is 2. The van der Waals surface area contributed by atoms with Crippen LogP contribution in [-0.4, -0.2) is 15.3 Å². The Hall–Kier alpha value is -2.62. The number of fused-ring (bicyclic) bond motifs is 1. The molecule has 1 aromatic carbocycles. The molecule has 1 aliphatic carbocycles. The number of nitrogens with zero attached hydrogens (tertiary/aromatic N) is 2. The molecular formula is C23H27N3O. The largest absolute Gasteiger partial charge is 0.350 e. The van der Waals surface area contributed by atoms with Gasteiger partial charge >= 0.3 is 0 Å². The first-order valence-electron chi connectivity index (χ1n) is 9.61. The van der Waals surface area contributed by atoms with Gasteiger partial charge in [-0.05, 0) is 54.0 Å². The van der Waals surface area contributed by atoms with Gasteiger partial charge in [-0.2, -0.15) is 0 Å². The highest BCUT2D eigenvalue weighted by Crippen LogP contribution is 2.48. The SMILES string of the molecule is Cc1ccn2cc(CNC(=O)C3(c4ccc(C(C)(C)C)cc4)CC3)nc2c1. The van der Waals surface area contributed by atoms with Crippen LogP contribution in [-0.2, 0) is 22.2 Å². The normalized spacial score (nSPS) is 15.7. The Morgan fingerprint density at radius 2 is 1.89 bits per heavy atom. The molecule has 0 aliphatic heterocycles. The second kappa shape index (κ2) is 6.22. The topological polar surface area (TPSA) is 46.4 Å². The third-order valence-corrected chi connectivity index (χ3v) is 5.58. The highest BCUT2D eigenvalue weighted by Gasteiger charge is 2.51. The van der Waals surface area contributed by atoms with Crippen molar-refractivity contribution >= 4 is 11.6 Å². The summed E-state index contributed by atoms with van der Waals surface area (Å²) in [5, 5.41) is 3.11. The van der Waals surface area contributed by atoms with Crippen LogP contribution in [0.25, 0.3) is 5.65 Å². The second-order valence-corrected chi connectivity index (χ2v) is 8.79. The fraction of sp³-hybridized carbons (Fsp3) is 0.391. The molecule has 0 atom stereocenters. The number of imidazole rings is 1. The molecule has 0 bridgehead atoms. The van der Waals surface area contributed by atoms with Gasteiger partial charge in [-0.15, -0.1) is 0 Å². The lowest BCUT2D eigenvalue weighted by Gasteiger charge is -2.21.